The summed E-state index contributed by atoms with van der Waals surface area (Å²) in [6, 6.07) is 3.83. The normalized spacial score (nSPS) is 10.6. The standard InChI is InChI=1S/C11H13N3OS/c1-7-8(2)15-11(14-7)16-6-9-4-3-5-13-10(9)12/h3-5H,6H2,1-2H3,(H2,12,13). The molecule has 0 amide bonds. The lowest BCUT2D eigenvalue weighted by molar-refractivity contribution is 0.431. The Morgan fingerprint density at radius 3 is 2.88 bits per heavy atom. The van der Waals surface area contributed by atoms with Crippen LogP contribution >= 0.6 is 11.8 Å². The van der Waals surface area contributed by atoms with Crippen molar-refractivity contribution in [1.29, 1.82) is 0 Å². The molecule has 4 nitrogen and oxygen atoms in total. The minimum absolute atomic E-state index is 0.565. The van der Waals surface area contributed by atoms with Gasteiger partial charge in [0.2, 0.25) is 0 Å². The third-order valence-electron chi connectivity index (χ3n) is 2.29. The van der Waals surface area contributed by atoms with E-state index in [1.54, 1.807) is 6.20 Å². The van der Waals surface area contributed by atoms with Crippen LogP contribution in [-0.4, -0.2) is 9.97 Å². The summed E-state index contributed by atoms with van der Waals surface area (Å²) in [6.07, 6.45) is 1.68. The molecule has 2 heterocycles. The second-order valence-electron chi connectivity index (χ2n) is 3.46. The van der Waals surface area contributed by atoms with Gasteiger partial charge in [-0.3, -0.25) is 0 Å². The third kappa shape index (κ3) is 2.36. The van der Waals surface area contributed by atoms with Gasteiger partial charge in [-0.05, 0) is 19.9 Å². The summed E-state index contributed by atoms with van der Waals surface area (Å²) in [5.74, 6) is 2.15. The molecule has 0 unspecified atom stereocenters. The topological polar surface area (TPSA) is 64.9 Å². The van der Waals surface area contributed by atoms with E-state index in [2.05, 4.69) is 9.97 Å². The van der Waals surface area contributed by atoms with Gasteiger partial charge in [-0.25, -0.2) is 9.97 Å². The average Bonchev–Trinajstić information content (AvgIpc) is 2.57. The highest BCUT2D eigenvalue weighted by Gasteiger charge is 2.07. The third-order valence-corrected chi connectivity index (χ3v) is 3.16. The van der Waals surface area contributed by atoms with E-state index in [1.165, 1.54) is 11.8 Å². The Labute approximate surface area is 98.3 Å². The van der Waals surface area contributed by atoms with E-state index < -0.39 is 0 Å². The summed E-state index contributed by atoms with van der Waals surface area (Å²) in [6.45, 7) is 3.84. The second kappa shape index (κ2) is 4.57. The molecule has 0 aliphatic heterocycles. The molecule has 0 radical (unpaired) electrons. The number of anilines is 1. The number of aromatic nitrogens is 2. The number of hydrogen-bond donors (Lipinski definition) is 1. The molecule has 0 spiro atoms. The van der Waals surface area contributed by atoms with Crippen LogP contribution in [0.5, 0.6) is 0 Å². The van der Waals surface area contributed by atoms with Crippen LogP contribution in [0.3, 0.4) is 0 Å². The van der Waals surface area contributed by atoms with Crippen molar-refractivity contribution in [2.24, 2.45) is 0 Å². The zero-order chi connectivity index (χ0) is 11.5. The monoisotopic (exact) mass is 235 g/mol. The highest BCUT2D eigenvalue weighted by molar-refractivity contribution is 7.98. The maximum Gasteiger partial charge on any atom is 0.256 e. The van der Waals surface area contributed by atoms with E-state index >= 15 is 0 Å². The number of oxazole rings is 1. The number of thioether (sulfide) groups is 1. The fourth-order valence-electron chi connectivity index (χ4n) is 1.22. The number of aryl methyl sites for hydroxylation is 2. The highest BCUT2D eigenvalue weighted by atomic mass is 32.2. The van der Waals surface area contributed by atoms with E-state index in [0.717, 1.165) is 22.8 Å². The molecule has 5 heteroatoms. The Kier molecular flexibility index (Phi) is 3.14. The van der Waals surface area contributed by atoms with Crippen molar-refractivity contribution in [1.82, 2.24) is 9.97 Å². The van der Waals surface area contributed by atoms with Crippen LogP contribution in [0.25, 0.3) is 0 Å². The lowest BCUT2D eigenvalue weighted by Crippen LogP contribution is -1.95. The molecule has 0 atom stereocenters. The number of nitrogen functional groups attached to an aromatic ring is 1. The van der Waals surface area contributed by atoms with Crippen LogP contribution in [0.4, 0.5) is 5.82 Å². The Morgan fingerprint density at radius 2 is 2.25 bits per heavy atom. The van der Waals surface area contributed by atoms with Crippen LogP contribution in [0.2, 0.25) is 0 Å². The molecule has 0 aromatic carbocycles. The van der Waals surface area contributed by atoms with Crippen LogP contribution < -0.4 is 5.73 Å². The Bertz CT molecular complexity index is 476. The molecule has 2 aromatic rings. The lowest BCUT2D eigenvalue weighted by atomic mass is 10.3. The molecule has 2 rings (SSSR count). The predicted octanol–water partition coefficient (Wildman–Crippen LogP) is 2.56. The van der Waals surface area contributed by atoms with Gasteiger partial charge >= 0.3 is 0 Å². The van der Waals surface area contributed by atoms with Crippen molar-refractivity contribution in [2.75, 3.05) is 5.73 Å². The molecular formula is C11H13N3OS. The zero-order valence-electron chi connectivity index (χ0n) is 9.23. The minimum atomic E-state index is 0.565. The summed E-state index contributed by atoms with van der Waals surface area (Å²) in [4.78, 5) is 8.32. The molecule has 0 saturated heterocycles. The molecule has 84 valence electrons. The van der Waals surface area contributed by atoms with Gasteiger partial charge in [-0.1, -0.05) is 17.8 Å². The van der Waals surface area contributed by atoms with Gasteiger partial charge in [0.25, 0.3) is 5.22 Å². The van der Waals surface area contributed by atoms with E-state index in [4.69, 9.17) is 10.2 Å². The van der Waals surface area contributed by atoms with Crippen molar-refractivity contribution in [3.8, 4) is 0 Å². The smallest absolute Gasteiger partial charge is 0.256 e. The van der Waals surface area contributed by atoms with E-state index in [1.807, 2.05) is 26.0 Å². The summed E-state index contributed by atoms with van der Waals surface area (Å²) in [7, 11) is 0. The SMILES string of the molecule is Cc1nc(SCc2cccnc2N)oc1C. The van der Waals surface area contributed by atoms with Gasteiger partial charge < -0.3 is 10.2 Å². The zero-order valence-corrected chi connectivity index (χ0v) is 10.0. The van der Waals surface area contributed by atoms with E-state index in [9.17, 15) is 0 Å². The van der Waals surface area contributed by atoms with E-state index in [0.29, 0.717) is 11.0 Å². The van der Waals surface area contributed by atoms with Crippen LogP contribution in [0.1, 0.15) is 17.0 Å². The maximum absolute atomic E-state index is 5.74. The van der Waals surface area contributed by atoms with Gasteiger partial charge in [0.15, 0.2) is 0 Å². The van der Waals surface area contributed by atoms with Gasteiger partial charge in [-0.15, -0.1) is 0 Å². The number of hydrogen-bond acceptors (Lipinski definition) is 5. The number of rotatable bonds is 3. The summed E-state index contributed by atoms with van der Waals surface area (Å²) < 4.78 is 5.47. The van der Waals surface area contributed by atoms with Crippen molar-refractivity contribution < 1.29 is 4.42 Å². The van der Waals surface area contributed by atoms with Gasteiger partial charge in [0, 0.05) is 17.5 Å². The fraction of sp³-hybridized carbons (Fsp3) is 0.273. The molecule has 0 aliphatic carbocycles. The first-order chi connectivity index (χ1) is 7.66. The lowest BCUT2D eigenvalue weighted by Gasteiger charge is -2.01. The molecule has 0 fully saturated rings. The van der Waals surface area contributed by atoms with Gasteiger partial charge in [0.1, 0.15) is 11.6 Å². The van der Waals surface area contributed by atoms with Crippen molar-refractivity contribution in [3.05, 3.63) is 35.3 Å². The largest absolute Gasteiger partial charge is 0.437 e. The molecule has 0 aliphatic rings. The van der Waals surface area contributed by atoms with Crippen molar-refractivity contribution >= 4 is 17.6 Å². The van der Waals surface area contributed by atoms with Crippen molar-refractivity contribution in [2.45, 2.75) is 24.8 Å². The summed E-state index contributed by atoms with van der Waals surface area (Å²) >= 11 is 1.52. The Hall–Kier alpha value is -1.49. The first-order valence-electron chi connectivity index (χ1n) is 4.93. The first kappa shape index (κ1) is 11.0. The molecule has 2 N–H and O–H groups in total. The van der Waals surface area contributed by atoms with Crippen molar-refractivity contribution in [3.63, 3.8) is 0 Å². The Balaban J connectivity index is 2.05. The van der Waals surface area contributed by atoms with Gasteiger partial charge in [-0.2, -0.15) is 0 Å². The molecule has 0 saturated carbocycles. The van der Waals surface area contributed by atoms with Crippen LogP contribution in [0.15, 0.2) is 28.0 Å². The predicted molar refractivity (Wildman–Crippen MR) is 64.2 cm³/mol. The number of nitrogens with two attached hydrogens (primary N) is 1. The average molecular weight is 235 g/mol. The maximum atomic E-state index is 5.74. The first-order valence-corrected chi connectivity index (χ1v) is 5.91. The Morgan fingerprint density at radius 1 is 1.44 bits per heavy atom. The minimum Gasteiger partial charge on any atom is -0.437 e. The number of pyridine rings is 1. The molecule has 2 aromatic heterocycles. The van der Waals surface area contributed by atoms with Crippen LogP contribution in [0, 0.1) is 13.8 Å². The quantitative estimate of drug-likeness (QED) is 0.828. The summed E-state index contributed by atoms with van der Waals surface area (Å²) in [5.41, 5.74) is 7.68. The molecular weight excluding hydrogens is 222 g/mol. The molecule has 16 heavy (non-hydrogen) atoms. The van der Waals surface area contributed by atoms with Gasteiger partial charge in [0.05, 0.1) is 5.69 Å². The highest BCUT2D eigenvalue weighted by Crippen LogP contribution is 2.25. The number of nitrogens with zero attached hydrogens (tertiary/aromatic N) is 2. The second-order valence-corrected chi connectivity index (χ2v) is 4.38. The fourth-order valence-corrected chi connectivity index (χ4v) is 2.13. The summed E-state index contributed by atoms with van der Waals surface area (Å²) in [5, 5.41) is 0.679. The van der Waals surface area contributed by atoms with E-state index in [-0.39, 0.29) is 0 Å². The molecule has 0 bridgehead atoms. The van der Waals surface area contributed by atoms with Crippen LogP contribution in [-0.2, 0) is 5.75 Å².